The third-order valence-corrected chi connectivity index (χ3v) is 4.47. The second-order valence-corrected chi connectivity index (χ2v) is 6.20. The molecule has 26 heavy (non-hydrogen) atoms. The maximum Gasteiger partial charge on any atom is 0.246 e. The molecule has 0 aromatic carbocycles. The van der Waals surface area contributed by atoms with Crippen molar-refractivity contribution in [3.63, 3.8) is 0 Å². The van der Waals surface area contributed by atoms with E-state index in [1.165, 1.54) is 11.1 Å². The Bertz CT molecular complexity index is 898. The summed E-state index contributed by atoms with van der Waals surface area (Å²) in [4.78, 5) is 15.5. The molecule has 11 heteroatoms. The van der Waals surface area contributed by atoms with Crippen LogP contribution < -0.4 is 0 Å². The van der Waals surface area contributed by atoms with E-state index in [0.29, 0.717) is 31.0 Å². The van der Waals surface area contributed by atoms with Gasteiger partial charge in [0.25, 0.3) is 0 Å². The topological polar surface area (TPSA) is 120 Å². The summed E-state index contributed by atoms with van der Waals surface area (Å²) in [7, 11) is 1.78. The Hall–Kier alpha value is -3.08. The molecule has 0 fully saturated rings. The number of tetrazole rings is 1. The van der Waals surface area contributed by atoms with Gasteiger partial charge in [-0.1, -0.05) is 0 Å². The fourth-order valence-corrected chi connectivity index (χ4v) is 3.12. The third-order valence-electron chi connectivity index (χ3n) is 4.47. The van der Waals surface area contributed by atoms with Gasteiger partial charge < -0.3 is 10.0 Å². The molecular formula is C15H19N9O2. The van der Waals surface area contributed by atoms with Gasteiger partial charge in [-0.15, -0.1) is 10.2 Å². The van der Waals surface area contributed by atoms with Crippen LogP contribution in [0.15, 0.2) is 24.7 Å². The minimum atomic E-state index is -0.856. The van der Waals surface area contributed by atoms with Crippen LogP contribution >= 0.6 is 0 Å². The molecule has 0 radical (unpaired) electrons. The number of nitrogens with zero attached hydrogens (tertiary/aromatic N) is 9. The van der Waals surface area contributed by atoms with Crippen molar-refractivity contribution in [1.29, 1.82) is 0 Å². The molecule has 1 amide bonds. The van der Waals surface area contributed by atoms with E-state index in [-0.39, 0.29) is 12.5 Å². The summed E-state index contributed by atoms with van der Waals surface area (Å²) in [6.07, 6.45) is 2.87. The number of aliphatic hydroxyl groups is 1. The minimum Gasteiger partial charge on any atom is -0.380 e. The molecule has 11 nitrogen and oxygen atoms in total. The standard InChI is InChI=1S/C15H19N9O2/c1-21-13(3-4-17-21)15(26)12-7-11-8-22(5-2-6-23(11)19-12)14(25)9-24-18-10-16-20-24/h3-4,7,10,15,26H,2,5-6,8-9H2,1H3/t15-/m1/s1. The van der Waals surface area contributed by atoms with Gasteiger partial charge in [0.1, 0.15) is 12.6 Å². The van der Waals surface area contributed by atoms with E-state index in [4.69, 9.17) is 0 Å². The van der Waals surface area contributed by atoms with Gasteiger partial charge in [0, 0.05) is 26.3 Å². The summed E-state index contributed by atoms with van der Waals surface area (Å²) in [6, 6.07) is 3.60. The number of hydrogen-bond donors (Lipinski definition) is 1. The fourth-order valence-electron chi connectivity index (χ4n) is 3.12. The number of hydrogen-bond acceptors (Lipinski definition) is 7. The smallest absolute Gasteiger partial charge is 0.246 e. The average molecular weight is 357 g/mol. The molecule has 1 aliphatic rings. The average Bonchev–Trinajstić information content (AvgIpc) is 3.34. The lowest BCUT2D eigenvalue weighted by atomic mass is 10.2. The molecule has 0 aliphatic carbocycles. The van der Waals surface area contributed by atoms with Gasteiger partial charge in [-0.25, -0.2) is 0 Å². The fraction of sp³-hybridized carbons (Fsp3) is 0.467. The molecule has 0 saturated carbocycles. The maximum atomic E-state index is 12.5. The maximum absolute atomic E-state index is 12.5. The van der Waals surface area contributed by atoms with E-state index < -0.39 is 6.10 Å². The number of amides is 1. The highest BCUT2D eigenvalue weighted by Crippen LogP contribution is 2.23. The van der Waals surface area contributed by atoms with Gasteiger partial charge in [-0.05, 0) is 23.8 Å². The molecule has 4 heterocycles. The van der Waals surface area contributed by atoms with E-state index in [9.17, 15) is 9.90 Å². The summed E-state index contributed by atoms with van der Waals surface area (Å²) in [5, 5.41) is 30.4. The van der Waals surface area contributed by atoms with Crippen LogP contribution in [0.4, 0.5) is 0 Å². The van der Waals surface area contributed by atoms with Crippen molar-refractivity contribution in [3.05, 3.63) is 41.7 Å². The molecule has 0 bridgehead atoms. The van der Waals surface area contributed by atoms with Crippen LogP contribution in [0.2, 0.25) is 0 Å². The number of fused-ring (bicyclic) bond motifs is 1. The van der Waals surface area contributed by atoms with Gasteiger partial charge in [0.05, 0.1) is 23.6 Å². The van der Waals surface area contributed by atoms with Crippen molar-refractivity contribution in [2.45, 2.75) is 32.2 Å². The molecule has 1 atom stereocenters. The van der Waals surface area contributed by atoms with Crippen LogP contribution in [-0.4, -0.2) is 62.2 Å². The molecule has 0 unspecified atom stereocenters. The molecule has 0 saturated heterocycles. The first-order valence-electron chi connectivity index (χ1n) is 8.33. The number of aryl methyl sites for hydroxylation is 2. The lowest BCUT2D eigenvalue weighted by molar-refractivity contribution is -0.132. The minimum absolute atomic E-state index is 0.0542. The molecule has 4 rings (SSSR count). The van der Waals surface area contributed by atoms with E-state index in [1.54, 1.807) is 28.9 Å². The van der Waals surface area contributed by atoms with Crippen molar-refractivity contribution >= 4 is 5.91 Å². The predicted octanol–water partition coefficient (Wildman–Crippen LogP) is -0.883. The Kier molecular flexibility index (Phi) is 4.21. The number of carbonyl (C=O) groups is 1. The van der Waals surface area contributed by atoms with E-state index in [2.05, 4.69) is 25.6 Å². The number of aromatic nitrogens is 8. The molecule has 1 N–H and O–H groups in total. The zero-order chi connectivity index (χ0) is 18.1. The Balaban J connectivity index is 1.52. The van der Waals surface area contributed by atoms with Gasteiger partial charge in [-0.3, -0.25) is 14.2 Å². The quantitative estimate of drug-likeness (QED) is 0.643. The Labute approximate surface area is 148 Å². The van der Waals surface area contributed by atoms with E-state index >= 15 is 0 Å². The van der Waals surface area contributed by atoms with Crippen molar-refractivity contribution in [2.24, 2.45) is 7.05 Å². The number of carbonyl (C=O) groups excluding carboxylic acids is 1. The second-order valence-electron chi connectivity index (χ2n) is 6.20. The van der Waals surface area contributed by atoms with Gasteiger partial charge in [-0.2, -0.15) is 15.0 Å². The van der Waals surface area contributed by atoms with Gasteiger partial charge >= 0.3 is 0 Å². The summed E-state index contributed by atoms with van der Waals surface area (Å²) >= 11 is 0. The second kappa shape index (κ2) is 6.67. The first kappa shape index (κ1) is 16.4. The van der Waals surface area contributed by atoms with Crippen molar-refractivity contribution in [3.8, 4) is 0 Å². The molecule has 1 aliphatic heterocycles. The summed E-state index contributed by atoms with van der Waals surface area (Å²) in [5.74, 6) is -0.0774. The van der Waals surface area contributed by atoms with E-state index in [1.807, 2.05) is 10.7 Å². The highest BCUT2D eigenvalue weighted by atomic mass is 16.3. The summed E-state index contributed by atoms with van der Waals surface area (Å²) in [5.41, 5.74) is 2.11. The van der Waals surface area contributed by atoms with Gasteiger partial charge in [0.15, 0.2) is 6.33 Å². The summed E-state index contributed by atoms with van der Waals surface area (Å²) in [6.45, 7) is 1.81. The van der Waals surface area contributed by atoms with E-state index in [0.717, 1.165) is 12.1 Å². The molecule has 0 spiro atoms. The Morgan fingerprint density at radius 3 is 2.96 bits per heavy atom. The van der Waals surface area contributed by atoms with Crippen molar-refractivity contribution < 1.29 is 9.90 Å². The normalized spacial score (nSPS) is 15.5. The Morgan fingerprint density at radius 1 is 1.35 bits per heavy atom. The zero-order valence-electron chi connectivity index (χ0n) is 14.3. The molecular weight excluding hydrogens is 338 g/mol. The molecule has 3 aromatic heterocycles. The SMILES string of the molecule is Cn1nccc1[C@H](O)c1cc2n(n1)CCCN(C(=O)Cn1ncnn1)C2. The van der Waals surface area contributed by atoms with Crippen LogP contribution in [-0.2, 0) is 31.5 Å². The lowest BCUT2D eigenvalue weighted by Gasteiger charge is -2.19. The highest BCUT2D eigenvalue weighted by Gasteiger charge is 2.24. The lowest BCUT2D eigenvalue weighted by Crippen LogP contribution is -2.34. The van der Waals surface area contributed by atoms with Crippen LogP contribution in [0, 0.1) is 0 Å². The first-order chi connectivity index (χ1) is 12.6. The third kappa shape index (κ3) is 3.08. The first-order valence-corrected chi connectivity index (χ1v) is 8.33. The Morgan fingerprint density at radius 2 is 2.23 bits per heavy atom. The van der Waals surface area contributed by atoms with Crippen molar-refractivity contribution in [1.82, 2.24) is 44.7 Å². The predicted molar refractivity (Wildman–Crippen MR) is 87.3 cm³/mol. The molecule has 136 valence electrons. The van der Waals surface area contributed by atoms with Crippen LogP contribution in [0.5, 0.6) is 0 Å². The van der Waals surface area contributed by atoms with Crippen LogP contribution in [0.3, 0.4) is 0 Å². The highest BCUT2D eigenvalue weighted by molar-refractivity contribution is 5.75. The van der Waals surface area contributed by atoms with Gasteiger partial charge in [0.2, 0.25) is 5.91 Å². The van der Waals surface area contributed by atoms with Crippen molar-refractivity contribution in [2.75, 3.05) is 6.54 Å². The molecule has 3 aromatic rings. The van der Waals surface area contributed by atoms with Crippen LogP contribution in [0.1, 0.15) is 29.6 Å². The number of rotatable bonds is 4. The van der Waals surface area contributed by atoms with Crippen LogP contribution in [0.25, 0.3) is 0 Å². The zero-order valence-corrected chi connectivity index (χ0v) is 14.3. The monoisotopic (exact) mass is 357 g/mol. The summed E-state index contributed by atoms with van der Waals surface area (Å²) < 4.78 is 3.48. The number of aliphatic hydroxyl groups excluding tert-OH is 1. The largest absolute Gasteiger partial charge is 0.380 e.